The summed E-state index contributed by atoms with van der Waals surface area (Å²) >= 11 is 5.87. The Bertz CT molecular complexity index is 470. The van der Waals surface area contributed by atoms with Crippen molar-refractivity contribution >= 4 is 17.5 Å². The molecule has 2 rings (SSSR count). The fraction of sp³-hybridized carbons (Fsp3) is 0.500. The van der Waals surface area contributed by atoms with Gasteiger partial charge in [-0.25, -0.2) is 4.39 Å². The van der Waals surface area contributed by atoms with Crippen molar-refractivity contribution in [2.24, 2.45) is 0 Å². The number of carbonyl (C=O) groups excluding carboxylic acids is 1. The van der Waals surface area contributed by atoms with Crippen molar-refractivity contribution in [3.8, 4) is 0 Å². The van der Waals surface area contributed by atoms with Crippen molar-refractivity contribution in [1.82, 2.24) is 10.6 Å². The summed E-state index contributed by atoms with van der Waals surface area (Å²) in [5, 5.41) is 6.20. The summed E-state index contributed by atoms with van der Waals surface area (Å²) < 4.78 is 18.9. The van der Waals surface area contributed by atoms with E-state index in [0.717, 1.165) is 19.4 Å². The second-order valence-electron chi connectivity index (χ2n) is 5.02. The second kappa shape index (κ2) is 6.52. The van der Waals surface area contributed by atoms with Crippen LogP contribution in [0.1, 0.15) is 23.2 Å². The SMILES string of the molecule is COCC1(CNC(=O)c2c(F)cccc2Cl)CCCN1. The molecule has 1 fully saturated rings. The van der Waals surface area contributed by atoms with E-state index < -0.39 is 11.7 Å². The zero-order valence-corrected chi connectivity index (χ0v) is 12.1. The molecule has 0 aromatic heterocycles. The lowest BCUT2D eigenvalue weighted by molar-refractivity contribution is 0.0888. The molecule has 1 aromatic rings. The van der Waals surface area contributed by atoms with E-state index in [-0.39, 0.29) is 16.1 Å². The van der Waals surface area contributed by atoms with Gasteiger partial charge in [-0.05, 0) is 31.5 Å². The highest BCUT2D eigenvalue weighted by Crippen LogP contribution is 2.21. The van der Waals surface area contributed by atoms with Gasteiger partial charge in [-0.3, -0.25) is 4.79 Å². The molecule has 0 aliphatic carbocycles. The molecule has 20 heavy (non-hydrogen) atoms. The molecule has 1 aromatic carbocycles. The van der Waals surface area contributed by atoms with Gasteiger partial charge in [0.2, 0.25) is 0 Å². The fourth-order valence-electron chi connectivity index (χ4n) is 2.52. The number of hydrogen-bond acceptors (Lipinski definition) is 3. The van der Waals surface area contributed by atoms with E-state index in [1.807, 2.05) is 0 Å². The molecule has 1 unspecified atom stereocenters. The number of hydrogen-bond donors (Lipinski definition) is 2. The summed E-state index contributed by atoms with van der Waals surface area (Å²) in [5.41, 5.74) is -0.387. The molecule has 1 aliphatic rings. The van der Waals surface area contributed by atoms with Crippen molar-refractivity contribution in [3.05, 3.63) is 34.6 Å². The van der Waals surface area contributed by atoms with Gasteiger partial charge in [0.05, 0.1) is 22.7 Å². The summed E-state index contributed by atoms with van der Waals surface area (Å²) in [6.45, 7) is 1.77. The van der Waals surface area contributed by atoms with E-state index in [4.69, 9.17) is 16.3 Å². The van der Waals surface area contributed by atoms with E-state index in [1.165, 1.54) is 18.2 Å². The Labute approximate surface area is 122 Å². The van der Waals surface area contributed by atoms with E-state index in [1.54, 1.807) is 7.11 Å². The maximum atomic E-state index is 13.7. The Morgan fingerprint density at radius 1 is 1.60 bits per heavy atom. The second-order valence-corrected chi connectivity index (χ2v) is 5.43. The lowest BCUT2D eigenvalue weighted by Gasteiger charge is -2.29. The van der Waals surface area contributed by atoms with E-state index in [2.05, 4.69) is 10.6 Å². The van der Waals surface area contributed by atoms with Crippen LogP contribution in [0.2, 0.25) is 5.02 Å². The van der Waals surface area contributed by atoms with Gasteiger partial charge in [0.1, 0.15) is 5.82 Å². The van der Waals surface area contributed by atoms with Gasteiger partial charge in [-0.1, -0.05) is 17.7 Å². The minimum Gasteiger partial charge on any atom is -0.383 e. The first kappa shape index (κ1) is 15.2. The highest BCUT2D eigenvalue weighted by atomic mass is 35.5. The summed E-state index contributed by atoms with van der Waals surface area (Å²) in [7, 11) is 1.62. The number of ether oxygens (including phenoxy) is 1. The zero-order chi connectivity index (χ0) is 14.6. The minimum absolute atomic E-state index is 0.111. The predicted octanol–water partition coefficient (Wildman–Crippen LogP) is 1.98. The van der Waals surface area contributed by atoms with Crippen LogP contribution in [0.3, 0.4) is 0 Å². The zero-order valence-electron chi connectivity index (χ0n) is 11.3. The number of rotatable bonds is 5. The minimum atomic E-state index is -0.616. The van der Waals surface area contributed by atoms with Crippen LogP contribution in [0.25, 0.3) is 0 Å². The van der Waals surface area contributed by atoms with E-state index in [9.17, 15) is 9.18 Å². The predicted molar refractivity (Wildman–Crippen MR) is 75.6 cm³/mol. The number of carbonyl (C=O) groups is 1. The molecule has 110 valence electrons. The molecule has 1 heterocycles. The molecule has 0 saturated carbocycles. The number of nitrogens with one attached hydrogen (secondary N) is 2. The van der Waals surface area contributed by atoms with Crippen LogP contribution in [0.15, 0.2) is 18.2 Å². The summed E-state index contributed by atoms with van der Waals surface area (Å²) in [6, 6.07) is 4.19. The molecule has 2 N–H and O–H groups in total. The molecule has 1 atom stereocenters. The first-order valence-corrected chi connectivity index (χ1v) is 6.92. The Balaban J connectivity index is 2.04. The number of benzene rings is 1. The van der Waals surface area contributed by atoms with Gasteiger partial charge in [0.15, 0.2) is 0 Å². The molecule has 0 bridgehead atoms. The molecule has 1 aliphatic heterocycles. The molecule has 0 spiro atoms. The Kier molecular flexibility index (Phi) is 4.96. The molecule has 6 heteroatoms. The lowest BCUT2D eigenvalue weighted by atomic mass is 9.98. The van der Waals surface area contributed by atoms with Crippen LogP contribution < -0.4 is 10.6 Å². The lowest BCUT2D eigenvalue weighted by Crippen LogP contribution is -2.53. The molecular weight excluding hydrogens is 283 g/mol. The van der Waals surface area contributed by atoms with E-state index >= 15 is 0 Å². The van der Waals surface area contributed by atoms with Gasteiger partial charge in [0.25, 0.3) is 5.91 Å². The van der Waals surface area contributed by atoms with Crippen LogP contribution in [0.5, 0.6) is 0 Å². The Morgan fingerprint density at radius 3 is 3.00 bits per heavy atom. The third-order valence-corrected chi connectivity index (χ3v) is 3.84. The quantitative estimate of drug-likeness (QED) is 0.874. The van der Waals surface area contributed by atoms with Crippen molar-refractivity contribution in [1.29, 1.82) is 0 Å². The summed E-state index contributed by atoms with van der Waals surface area (Å²) in [6.07, 6.45) is 1.94. The smallest absolute Gasteiger partial charge is 0.255 e. The average molecular weight is 301 g/mol. The standard InChI is InChI=1S/C14H18ClFN2O2/c1-20-9-14(6-3-7-18-14)8-17-13(19)12-10(15)4-2-5-11(12)16/h2,4-5,18H,3,6-9H2,1H3,(H,17,19). The van der Waals surface area contributed by atoms with Crippen LogP contribution in [-0.4, -0.2) is 38.3 Å². The van der Waals surface area contributed by atoms with Gasteiger partial charge in [-0.15, -0.1) is 0 Å². The maximum absolute atomic E-state index is 13.7. The van der Waals surface area contributed by atoms with Crippen LogP contribution in [-0.2, 0) is 4.74 Å². The van der Waals surface area contributed by atoms with Gasteiger partial charge < -0.3 is 15.4 Å². The number of halogens is 2. The highest BCUT2D eigenvalue weighted by Gasteiger charge is 2.34. The van der Waals surface area contributed by atoms with E-state index in [0.29, 0.717) is 13.2 Å². The largest absolute Gasteiger partial charge is 0.383 e. The fourth-order valence-corrected chi connectivity index (χ4v) is 2.77. The van der Waals surface area contributed by atoms with Crippen LogP contribution >= 0.6 is 11.6 Å². The molecule has 1 amide bonds. The summed E-state index contributed by atoms with van der Waals surface area (Å²) in [5.74, 6) is -1.12. The van der Waals surface area contributed by atoms with Crippen molar-refractivity contribution < 1.29 is 13.9 Å². The van der Waals surface area contributed by atoms with Crippen LogP contribution in [0.4, 0.5) is 4.39 Å². The van der Waals surface area contributed by atoms with Crippen molar-refractivity contribution in [2.45, 2.75) is 18.4 Å². The summed E-state index contributed by atoms with van der Waals surface area (Å²) in [4.78, 5) is 12.1. The Hall–Kier alpha value is -1.17. The van der Waals surface area contributed by atoms with Gasteiger partial charge in [-0.2, -0.15) is 0 Å². The van der Waals surface area contributed by atoms with Crippen molar-refractivity contribution in [3.63, 3.8) is 0 Å². The van der Waals surface area contributed by atoms with Gasteiger partial charge >= 0.3 is 0 Å². The first-order chi connectivity index (χ1) is 9.58. The molecule has 0 radical (unpaired) electrons. The third-order valence-electron chi connectivity index (χ3n) is 3.53. The third kappa shape index (κ3) is 3.29. The van der Waals surface area contributed by atoms with Crippen LogP contribution in [0, 0.1) is 5.82 Å². The number of amides is 1. The maximum Gasteiger partial charge on any atom is 0.255 e. The first-order valence-electron chi connectivity index (χ1n) is 6.54. The average Bonchev–Trinajstić information content (AvgIpc) is 2.86. The number of methoxy groups -OCH3 is 1. The topological polar surface area (TPSA) is 50.4 Å². The van der Waals surface area contributed by atoms with Crippen molar-refractivity contribution in [2.75, 3.05) is 26.8 Å². The molecular formula is C14H18ClFN2O2. The molecule has 4 nitrogen and oxygen atoms in total. The molecule has 1 saturated heterocycles. The monoisotopic (exact) mass is 300 g/mol. The normalized spacial score (nSPS) is 21.9. The van der Waals surface area contributed by atoms with Gasteiger partial charge in [0, 0.05) is 13.7 Å². The highest BCUT2D eigenvalue weighted by molar-refractivity contribution is 6.33. The Morgan fingerprint density at radius 2 is 2.40 bits per heavy atom.